The van der Waals surface area contributed by atoms with Crippen LogP contribution in [-0.4, -0.2) is 40.1 Å². The zero-order chi connectivity index (χ0) is 19.2. The number of rotatable bonds is 8. The van der Waals surface area contributed by atoms with Crippen LogP contribution in [0.3, 0.4) is 0 Å². The summed E-state index contributed by atoms with van der Waals surface area (Å²) in [6.07, 6.45) is 8.00. The number of fused-ring (bicyclic) bond motifs is 1. The monoisotopic (exact) mass is 384 g/mol. The number of hydrogen-bond donors (Lipinski definition) is 1. The zero-order valence-electron chi connectivity index (χ0n) is 15.1. The number of benzene rings is 1. The largest absolute Gasteiger partial charge is 0.391 e. The summed E-state index contributed by atoms with van der Waals surface area (Å²) in [6, 6.07) is 9.74. The quantitative estimate of drug-likeness (QED) is 0.548. The molecule has 1 aliphatic heterocycles. The van der Waals surface area contributed by atoms with Crippen LogP contribution in [0.2, 0.25) is 0 Å². The molecule has 4 nitrogen and oxygen atoms in total. The molecule has 2 aliphatic rings. The van der Waals surface area contributed by atoms with Crippen molar-refractivity contribution in [3.63, 3.8) is 0 Å². The van der Waals surface area contributed by atoms with Crippen LogP contribution in [0.5, 0.6) is 0 Å². The molecule has 0 aromatic heterocycles. The topological polar surface area (TPSA) is 63.6 Å². The number of ketones is 1. The predicted molar refractivity (Wildman–Crippen MR) is 108 cm³/mol. The minimum Gasteiger partial charge on any atom is -0.391 e. The second kappa shape index (κ2) is 9.31. The molecule has 27 heavy (non-hydrogen) atoms. The van der Waals surface area contributed by atoms with Gasteiger partial charge in [0.1, 0.15) is 0 Å². The molecule has 3 rings (SSSR count). The number of thioether (sulfide) groups is 1. The van der Waals surface area contributed by atoms with E-state index in [9.17, 15) is 14.7 Å². The Morgan fingerprint density at radius 2 is 2.11 bits per heavy atom. The molecule has 1 aromatic rings. The molecule has 0 saturated heterocycles. The van der Waals surface area contributed by atoms with Crippen LogP contribution in [0.15, 0.2) is 61.2 Å². The summed E-state index contributed by atoms with van der Waals surface area (Å²) in [5.74, 6) is 0.130. The molecule has 1 heterocycles. The van der Waals surface area contributed by atoms with E-state index in [-0.39, 0.29) is 41.2 Å². The fourth-order valence-electron chi connectivity index (χ4n) is 3.28. The van der Waals surface area contributed by atoms with Gasteiger partial charge in [0.2, 0.25) is 5.12 Å². The van der Waals surface area contributed by atoms with E-state index in [4.69, 9.17) is 4.74 Å². The van der Waals surface area contributed by atoms with Crippen molar-refractivity contribution in [1.29, 1.82) is 0 Å². The van der Waals surface area contributed by atoms with Crippen molar-refractivity contribution in [3.8, 4) is 0 Å². The first kappa shape index (κ1) is 19.8. The number of carbonyl (C=O) groups is 2. The molecule has 1 aromatic carbocycles. The lowest BCUT2D eigenvalue weighted by Gasteiger charge is -2.33. The zero-order valence-corrected chi connectivity index (χ0v) is 15.9. The molecule has 5 heteroatoms. The highest BCUT2D eigenvalue weighted by molar-refractivity contribution is 8.15. The Balaban J connectivity index is 1.56. The standard InChI is InChI=1S/C22H24O4S/c1-2-17(23)9-10-18(24)14-26-19-11-8-16-12-20(15-6-4-3-5-7-15)22(25)27-21(16)13-19/h2-8,11-12,16,18-19,21,24H,1,9-10,13-14H2. The van der Waals surface area contributed by atoms with Crippen molar-refractivity contribution in [2.45, 2.75) is 36.7 Å². The third kappa shape index (κ3) is 5.28. The van der Waals surface area contributed by atoms with E-state index < -0.39 is 6.10 Å². The van der Waals surface area contributed by atoms with Gasteiger partial charge in [-0.3, -0.25) is 9.59 Å². The molecule has 0 bridgehead atoms. The first-order chi connectivity index (χ1) is 13.1. The fraction of sp³-hybridized carbons (Fsp3) is 0.364. The number of carbonyl (C=O) groups excluding carboxylic acids is 2. The summed E-state index contributed by atoms with van der Waals surface area (Å²) in [5.41, 5.74) is 1.73. The molecule has 4 unspecified atom stereocenters. The van der Waals surface area contributed by atoms with Gasteiger partial charge < -0.3 is 9.84 Å². The Kier molecular flexibility index (Phi) is 6.83. The van der Waals surface area contributed by atoms with Crippen molar-refractivity contribution in [3.05, 3.63) is 66.8 Å². The average Bonchev–Trinajstić information content (AvgIpc) is 2.70. The summed E-state index contributed by atoms with van der Waals surface area (Å²) >= 11 is 1.37. The van der Waals surface area contributed by atoms with Gasteiger partial charge in [-0.05, 0) is 24.5 Å². The number of allylic oxidation sites excluding steroid dienone is 3. The van der Waals surface area contributed by atoms with E-state index in [1.54, 1.807) is 0 Å². The first-order valence-corrected chi connectivity index (χ1v) is 10.1. The predicted octanol–water partition coefficient (Wildman–Crippen LogP) is 3.57. The van der Waals surface area contributed by atoms with Crippen LogP contribution in [0.4, 0.5) is 0 Å². The van der Waals surface area contributed by atoms with E-state index in [0.717, 1.165) is 17.6 Å². The van der Waals surface area contributed by atoms with Gasteiger partial charge in [-0.15, -0.1) is 0 Å². The lowest BCUT2D eigenvalue weighted by Crippen LogP contribution is -2.32. The van der Waals surface area contributed by atoms with Gasteiger partial charge in [-0.2, -0.15) is 0 Å². The third-order valence-corrected chi connectivity index (χ3v) is 6.06. The van der Waals surface area contributed by atoms with Crippen LogP contribution in [-0.2, 0) is 14.3 Å². The molecule has 4 atom stereocenters. The SMILES string of the molecule is C=CC(=O)CCC(O)COC1C=CC2C=C(c3ccccc3)C(=O)SC2C1. The van der Waals surface area contributed by atoms with E-state index in [1.165, 1.54) is 17.8 Å². The molecular formula is C22H24O4S. The highest BCUT2D eigenvalue weighted by atomic mass is 32.2. The van der Waals surface area contributed by atoms with Gasteiger partial charge in [0, 0.05) is 23.2 Å². The minimum absolute atomic E-state index is 0.0763. The fourth-order valence-corrected chi connectivity index (χ4v) is 4.48. The molecule has 0 fully saturated rings. The van der Waals surface area contributed by atoms with Gasteiger partial charge >= 0.3 is 0 Å². The van der Waals surface area contributed by atoms with Crippen molar-refractivity contribution < 1.29 is 19.4 Å². The summed E-state index contributed by atoms with van der Waals surface area (Å²) < 4.78 is 5.79. The molecule has 0 radical (unpaired) electrons. The van der Waals surface area contributed by atoms with Crippen LogP contribution >= 0.6 is 11.8 Å². The van der Waals surface area contributed by atoms with Gasteiger partial charge in [-0.1, -0.05) is 66.9 Å². The molecular weight excluding hydrogens is 360 g/mol. The Hall–Kier alpha value is -1.95. The summed E-state index contributed by atoms with van der Waals surface area (Å²) in [7, 11) is 0. The van der Waals surface area contributed by atoms with Crippen molar-refractivity contribution >= 4 is 28.2 Å². The molecule has 0 saturated carbocycles. The lowest BCUT2D eigenvalue weighted by atomic mass is 9.90. The molecule has 1 N–H and O–H groups in total. The van der Waals surface area contributed by atoms with Crippen molar-refractivity contribution in [2.24, 2.45) is 5.92 Å². The maximum atomic E-state index is 12.5. The molecule has 0 spiro atoms. The van der Waals surface area contributed by atoms with Crippen LogP contribution < -0.4 is 0 Å². The summed E-state index contributed by atoms with van der Waals surface area (Å²) in [6.45, 7) is 3.60. The number of aliphatic hydroxyl groups is 1. The normalized spacial score (nSPS) is 25.4. The molecule has 142 valence electrons. The molecule has 0 amide bonds. The molecule has 1 aliphatic carbocycles. The van der Waals surface area contributed by atoms with Crippen molar-refractivity contribution in [1.82, 2.24) is 0 Å². The maximum absolute atomic E-state index is 12.5. The van der Waals surface area contributed by atoms with Crippen LogP contribution in [0, 0.1) is 5.92 Å². The third-order valence-electron chi connectivity index (χ3n) is 4.82. The van der Waals surface area contributed by atoms with Crippen LogP contribution in [0.25, 0.3) is 5.57 Å². The smallest absolute Gasteiger partial charge is 0.219 e. The Morgan fingerprint density at radius 3 is 2.85 bits per heavy atom. The Labute approximate surface area is 164 Å². The van der Waals surface area contributed by atoms with E-state index in [2.05, 4.69) is 18.7 Å². The van der Waals surface area contributed by atoms with E-state index in [0.29, 0.717) is 6.42 Å². The van der Waals surface area contributed by atoms with Crippen molar-refractivity contribution in [2.75, 3.05) is 6.61 Å². The van der Waals surface area contributed by atoms with Gasteiger partial charge in [0.25, 0.3) is 0 Å². The Bertz CT molecular complexity index is 753. The number of ether oxygens (including phenoxy) is 1. The maximum Gasteiger partial charge on any atom is 0.219 e. The minimum atomic E-state index is -0.676. The second-order valence-corrected chi connectivity index (χ2v) is 8.03. The number of aliphatic hydroxyl groups excluding tert-OH is 1. The van der Waals surface area contributed by atoms with Gasteiger partial charge in [-0.25, -0.2) is 0 Å². The highest BCUT2D eigenvalue weighted by Crippen LogP contribution is 2.40. The number of hydrogen-bond acceptors (Lipinski definition) is 5. The highest BCUT2D eigenvalue weighted by Gasteiger charge is 2.34. The second-order valence-electron chi connectivity index (χ2n) is 6.82. The van der Waals surface area contributed by atoms with E-state index >= 15 is 0 Å². The lowest BCUT2D eigenvalue weighted by molar-refractivity contribution is -0.115. The average molecular weight is 384 g/mol. The van der Waals surface area contributed by atoms with E-state index in [1.807, 2.05) is 36.4 Å². The summed E-state index contributed by atoms with van der Waals surface area (Å²) in [4.78, 5) is 23.8. The Morgan fingerprint density at radius 1 is 1.33 bits per heavy atom. The van der Waals surface area contributed by atoms with Gasteiger partial charge in [0.05, 0.1) is 18.8 Å². The summed E-state index contributed by atoms with van der Waals surface area (Å²) in [5, 5.41) is 10.2. The van der Waals surface area contributed by atoms with Gasteiger partial charge in [0.15, 0.2) is 5.78 Å². The van der Waals surface area contributed by atoms with Crippen LogP contribution in [0.1, 0.15) is 24.8 Å². The first-order valence-electron chi connectivity index (χ1n) is 9.18.